The number of carboxylic acid groups (broad SMARTS) is 1. The Bertz CT molecular complexity index is 477. The Morgan fingerprint density at radius 1 is 1.42 bits per heavy atom. The summed E-state index contributed by atoms with van der Waals surface area (Å²) in [4.78, 5) is 12.2. The maximum absolute atomic E-state index is 12.6. The van der Waals surface area contributed by atoms with Gasteiger partial charge in [0.25, 0.3) is 0 Å². The number of alkyl halides is 3. The van der Waals surface area contributed by atoms with Crippen molar-refractivity contribution < 1.29 is 23.1 Å². The zero-order chi connectivity index (χ0) is 14.8. The number of carboxylic acids is 1. The number of nitrogens with zero attached hydrogens (tertiary/aromatic N) is 1. The number of likely N-dealkylation sites (N-methyl/N-ethyl adjacent to an activating group) is 1. The van der Waals surface area contributed by atoms with Crippen LogP contribution >= 0.6 is 11.6 Å². The van der Waals surface area contributed by atoms with Gasteiger partial charge in [0.1, 0.15) is 6.04 Å². The van der Waals surface area contributed by atoms with Crippen LogP contribution in [0, 0.1) is 0 Å². The molecular formula is C12H13ClF3NO2. The van der Waals surface area contributed by atoms with Crippen molar-refractivity contribution in [1.82, 2.24) is 4.90 Å². The third kappa shape index (κ3) is 4.40. The highest BCUT2D eigenvalue weighted by molar-refractivity contribution is 6.30. The van der Waals surface area contributed by atoms with E-state index in [0.29, 0.717) is 5.56 Å². The molecule has 0 saturated carbocycles. The first-order valence-corrected chi connectivity index (χ1v) is 5.78. The maximum Gasteiger partial charge on any atom is 0.416 e. The molecule has 1 N–H and O–H groups in total. The number of carbonyl (C=O) groups is 1. The topological polar surface area (TPSA) is 40.5 Å². The largest absolute Gasteiger partial charge is 0.480 e. The van der Waals surface area contributed by atoms with E-state index in [9.17, 15) is 18.0 Å². The molecule has 1 aromatic rings. The molecular weight excluding hydrogens is 283 g/mol. The summed E-state index contributed by atoms with van der Waals surface area (Å²) in [5, 5.41) is 8.79. The molecule has 0 bridgehead atoms. The molecule has 7 heteroatoms. The number of rotatable bonds is 4. The van der Waals surface area contributed by atoms with Gasteiger partial charge in [-0.3, -0.25) is 9.69 Å². The van der Waals surface area contributed by atoms with Crippen LogP contribution in [0.3, 0.4) is 0 Å². The molecule has 0 amide bonds. The van der Waals surface area contributed by atoms with E-state index in [0.717, 1.165) is 12.1 Å². The molecule has 0 aliphatic heterocycles. The lowest BCUT2D eigenvalue weighted by Crippen LogP contribution is -2.35. The van der Waals surface area contributed by atoms with E-state index in [1.807, 2.05) is 0 Å². The SMILES string of the molecule is CC(C(=O)O)N(C)Cc1cc(Cl)cc(C(F)(F)F)c1. The molecule has 106 valence electrons. The van der Waals surface area contributed by atoms with E-state index in [1.165, 1.54) is 24.9 Å². The number of halogens is 4. The second kappa shape index (κ2) is 5.79. The van der Waals surface area contributed by atoms with Crippen molar-refractivity contribution in [2.24, 2.45) is 0 Å². The van der Waals surface area contributed by atoms with Crippen molar-refractivity contribution in [3.05, 3.63) is 34.3 Å². The minimum Gasteiger partial charge on any atom is -0.480 e. The first-order chi connectivity index (χ1) is 8.61. The molecule has 0 aromatic heterocycles. The summed E-state index contributed by atoms with van der Waals surface area (Å²) >= 11 is 5.65. The lowest BCUT2D eigenvalue weighted by atomic mass is 10.1. The second-order valence-corrected chi connectivity index (χ2v) is 4.71. The van der Waals surface area contributed by atoms with E-state index in [2.05, 4.69) is 0 Å². The Morgan fingerprint density at radius 3 is 2.47 bits per heavy atom. The normalized spacial score (nSPS) is 13.6. The zero-order valence-corrected chi connectivity index (χ0v) is 11.1. The summed E-state index contributed by atoms with van der Waals surface area (Å²) in [6, 6.07) is 2.40. The first kappa shape index (κ1) is 15.8. The fourth-order valence-electron chi connectivity index (χ4n) is 1.52. The van der Waals surface area contributed by atoms with E-state index < -0.39 is 23.8 Å². The Morgan fingerprint density at radius 2 is 2.00 bits per heavy atom. The molecule has 3 nitrogen and oxygen atoms in total. The third-order valence-electron chi connectivity index (χ3n) is 2.74. The van der Waals surface area contributed by atoms with E-state index >= 15 is 0 Å². The van der Waals surface area contributed by atoms with Crippen LogP contribution in [0.5, 0.6) is 0 Å². The highest BCUT2D eigenvalue weighted by Gasteiger charge is 2.31. The van der Waals surface area contributed by atoms with Crippen molar-refractivity contribution in [2.45, 2.75) is 25.7 Å². The molecule has 19 heavy (non-hydrogen) atoms. The average molecular weight is 296 g/mol. The van der Waals surface area contributed by atoms with Crippen molar-refractivity contribution >= 4 is 17.6 Å². The van der Waals surface area contributed by atoms with Crippen molar-refractivity contribution in [3.63, 3.8) is 0 Å². The first-order valence-electron chi connectivity index (χ1n) is 5.41. The molecule has 0 aliphatic rings. The molecule has 1 aromatic carbocycles. The summed E-state index contributed by atoms with van der Waals surface area (Å²) in [5.41, 5.74) is -0.526. The van der Waals surface area contributed by atoms with Gasteiger partial charge in [-0.25, -0.2) is 0 Å². The van der Waals surface area contributed by atoms with Crippen LogP contribution in [0.4, 0.5) is 13.2 Å². The maximum atomic E-state index is 12.6. The molecule has 0 fully saturated rings. The second-order valence-electron chi connectivity index (χ2n) is 4.28. The fourth-order valence-corrected chi connectivity index (χ4v) is 1.78. The summed E-state index contributed by atoms with van der Waals surface area (Å²) in [6.45, 7) is 1.52. The number of hydrogen-bond acceptors (Lipinski definition) is 2. The van der Waals surface area contributed by atoms with Crippen LogP contribution in [0.25, 0.3) is 0 Å². The van der Waals surface area contributed by atoms with Crippen molar-refractivity contribution in [3.8, 4) is 0 Å². The molecule has 1 unspecified atom stereocenters. The van der Waals surface area contributed by atoms with Gasteiger partial charge in [0.2, 0.25) is 0 Å². The minimum atomic E-state index is -4.48. The van der Waals surface area contributed by atoms with Gasteiger partial charge >= 0.3 is 12.1 Å². The van der Waals surface area contributed by atoms with Gasteiger partial charge in [-0.2, -0.15) is 13.2 Å². The van der Waals surface area contributed by atoms with Crippen LogP contribution in [-0.2, 0) is 17.5 Å². The van der Waals surface area contributed by atoms with E-state index in [-0.39, 0.29) is 11.6 Å². The Labute approximate surface area is 113 Å². The monoisotopic (exact) mass is 295 g/mol. The van der Waals surface area contributed by atoms with Crippen LogP contribution < -0.4 is 0 Å². The molecule has 0 radical (unpaired) electrons. The smallest absolute Gasteiger partial charge is 0.416 e. The number of aliphatic carboxylic acids is 1. The molecule has 1 atom stereocenters. The lowest BCUT2D eigenvalue weighted by molar-refractivity contribution is -0.142. The highest BCUT2D eigenvalue weighted by atomic mass is 35.5. The van der Waals surface area contributed by atoms with Crippen LogP contribution in [0.2, 0.25) is 5.02 Å². The van der Waals surface area contributed by atoms with Gasteiger partial charge in [-0.05, 0) is 37.7 Å². The number of hydrogen-bond donors (Lipinski definition) is 1. The third-order valence-corrected chi connectivity index (χ3v) is 2.95. The quantitative estimate of drug-likeness (QED) is 0.927. The number of benzene rings is 1. The lowest BCUT2D eigenvalue weighted by Gasteiger charge is -2.21. The molecule has 0 saturated heterocycles. The summed E-state index contributed by atoms with van der Waals surface area (Å²) in [6.07, 6.45) is -4.48. The molecule has 1 rings (SSSR count). The highest BCUT2D eigenvalue weighted by Crippen LogP contribution is 2.32. The summed E-state index contributed by atoms with van der Waals surface area (Å²) in [5.74, 6) is -1.04. The van der Waals surface area contributed by atoms with Gasteiger partial charge in [-0.1, -0.05) is 11.6 Å². The van der Waals surface area contributed by atoms with Crippen LogP contribution in [0.1, 0.15) is 18.1 Å². The van der Waals surface area contributed by atoms with Gasteiger partial charge in [0, 0.05) is 11.6 Å². The van der Waals surface area contributed by atoms with Crippen molar-refractivity contribution in [1.29, 1.82) is 0 Å². The summed E-state index contributed by atoms with van der Waals surface area (Å²) < 4.78 is 37.8. The Hall–Kier alpha value is -1.27. The molecule has 0 heterocycles. The van der Waals surface area contributed by atoms with Crippen molar-refractivity contribution in [2.75, 3.05) is 7.05 Å². The van der Waals surface area contributed by atoms with Crippen LogP contribution in [-0.4, -0.2) is 29.1 Å². The van der Waals surface area contributed by atoms with Gasteiger partial charge in [0.05, 0.1) is 5.56 Å². The van der Waals surface area contributed by atoms with E-state index in [4.69, 9.17) is 16.7 Å². The van der Waals surface area contributed by atoms with Gasteiger partial charge in [-0.15, -0.1) is 0 Å². The van der Waals surface area contributed by atoms with Crippen LogP contribution in [0.15, 0.2) is 18.2 Å². The Balaban J connectivity index is 2.96. The zero-order valence-electron chi connectivity index (χ0n) is 10.3. The standard InChI is InChI=1S/C12H13ClF3NO2/c1-7(11(18)19)17(2)6-8-3-9(12(14,15)16)5-10(13)4-8/h3-5,7H,6H2,1-2H3,(H,18,19). The molecule has 0 spiro atoms. The van der Waals surface area contributed by atoms with E-state index in [1.54, 1.807) is 0 Å². The summed E-state index contributed by atoms with van der Waals surface area (Å²) in [7, 11) is 1.52. The fraction of sp³-hybridized carbons (Fsp3) is 0.417. The Kier molecular flexibility index (Phi) is 4.81. The predicted molar refractivity (Wildman–Crippen MR) is 65.0 cm³/mol. The van der Waals surface area contributed by atoms with Gasteiger partial charge < -0.3 is 5.11 Å². The van der Waals surface area contributed by atoms with Gasteiger partial charge in [0.15, 0.2) is 0 Å². The predicted octanol–water partition coefficient (Wildman–Crippen LogP) is 3.26. The average Bonchev–Trinajstić information content (AvgIpc) is 2.25. The molecule has 0 aliphatic carbocycles. The minimum absolute atomic E-state index is 0.0267.